The molecule has 0 unspecified atom stereocenters. The van der Waals surface area contributed by atoms with E-state index in [0.29, 0.717) is 5.92 Å². The van der Waals surface area contributed by atoms with Crippen molar-refractivity contribution in [1.82, 2.24) is 5.32 Å². The van der Waals surface area contributed by atoms with Gasteiger partial charge in [0.15, 0.2) is 0 Å². The Kier molecular flexibility index (Phi) is 2.96. The van der Waals surface area contributed by atoms with Gasteiger partial charge in [0.2, 0.25) is 0 Å². The second kappa shape index (κ2) is 4.44. The fraction of sp³-hybridized carbons (Fsp3) is 0.471. The van der Waals surface area contributed by atoms with Crippen LogP contribution in [-0.4, -0.2) is 11.4 Å². The molecule has 3 heteroatoms. The van der Waals surface area contributed by atoms with Crippen LogP contribution in [-0.2, 0) is 0 Å². The number of carbonyl (C=O) groups is 1. The van der Waals surface area contributed by atoms with E-state index in [-0.39, 0.29) is 17.0 Å². The molecule has 0 spiro atoms. The number of amides is 1. The molecule has 1 aromatic rings. The number of rotatable bonds is 4. The van der Waals surface area contributed by atoms with Gasteiger partial charge in [0.25, 0.3) is 5.91 Å². The molecular weight excluding hydrogens is 253 g/mol. The number of halogens is 1. The minimum Gasteiger partial charge on any atom is -0.346 e. The zero-order chi connectivity index (χ0) is 14.5. The first-order valence-corrected chi connectivity index (χ1v) is 7.27. The minimum absolute atomic E-state index is 0.0635. The Bertz CT molecular complexity index is 587. The Balaban J connectivity index is 1.82. The first-order valence-electron chi connectivity index (χ1n) is 7.27. The van der Waals surface area contributed by atoms with Gasteiger partial charge in [0, 0.05) is 5.54 Å². The maximum absolute atomic E-state index is 13.9. The number of nitrogens with one attached hydrogen (secondary N) is 1. The Morgan fingerprint density at radius 1 is 1.50 bits per heavy atom. The van der Waals surface area contributed by atoms with Gasteiger partial charge in [-0.2, -0.15) is 0 Å². The average Bonchev–Trinajstić information content (AvgIpc) is 2.42. The summed E-state index contributed by atoms with van der Waals surface area (Å²) in [5, 5.41) is 3.04. The van der Waals surface area contributed by atoms with Crippen molar-refractivity contribution >= 4 is 11.5 Å². The third-order valence-corrected chi connectivity index (χ3v) is 5.24. The van der Waals surface area contributed by atoms with E-state index in [2.05, 4.69) is 18.8 Å². The van der Waals surface area contributed by atoms with Crippen LogP contribution >= 0.6 is 0 Å². The van der Waals surface area contributed by atoms with E-state index in [9.17, 15) is 9.18 Å². The number of hydrogen-bond donors (Lipinski definition) is 1. The highest BCUT2D eigenvalue weighted by Gasteiger charge is 2.63. The minimum atomic E-state index is -0.464. The lowest BCUT2D eigenvalue weighted by Gasteiger charge is -2.67. The lowest BCUT2D eigenvalue weighted by molar-refractivity contribution is -0.118. The van der Waals surface area contributed by atoms with Gasteiger partial charge in [-0.3, -0.25) is 4.79 Å². The average molecular weight is 273 g/mol. The molecule has 0 heterocycles. The summed E-state index contributed by atoms with van der Waals surface area (Å²) in [6.07, 6.45) is 2.88. The highest BCUT2D eigenvalue weighted by Crippen LogP contribution is 2.61. The smallest absolute Gasteiger partial charge is 0.254 e. The summed E-state index contributed by atoms with van der Waals surface area (Å²) in [6.45, 7) is 8.09. The highest BCUT2D eigenvalue weighted by molar-refractivity contribution is 5.96. The summed E-state index contributed by atoms with van der Waals surface area (Å²) < 4.78 is 13.9. The molecule has 2 bridgehead atoms. The zero-order valence-corrected chi connectivity index (χ0v) is 12.0. The summed E-state index contributed by atoms with van der Waals surface area (Å²) >= 11 is 0. The molecule has 106 valence electrons. The van der Waals surface area contributed by atoms with Gasteiger partial charge >= 0.3 is 0 Å². The van der Waals surface area contributed by atoms with Crippen LogP contribution in [0.2, 0.25) is 0 Å². The predicted molar refractivity (Wildman–Crippen MR) is 77.8 cm³/mol. The topological polar surface area (TPSA) is 29.1 Å². The Hall–Kier alpha value is -1.64. The van der Waals surface area contributed by atoms with Crippen LogP contribution in [0.4, 0.5) is 4.39 Å². The van der Waals surface area contributed by atoms with Crippen molar-refractivity contribution in [1.29, 1.82) is 0 Å². The summed E-state index contributed by atoms with van der Waals surface area (Å²) in [4.78, 5) is 12.3. The number of benzene rings is 1. The molecule has 0 aromatic heterocycles. The fourth-order valence-electron chi connectivity index (χ4n) is 3.36. The van der Waals surface area contributed by atoms with E-state index in [0.717, 1.165) is 36.3 Å². The van der Waals surface area contributed by atoms with Crippen molar-refractivity contribution in [3.63, 3.8) is 0 Å². The summed E-state index contributed by atoms with van der Waals surface area (Å²) in [5.74, 6) is 0.530. The van der Waals surface area contributed by atoms with Crippen molar-refractivity contribution in [3.05, 3.63) is 41.7 Å². The molecule has 0 saturated heterocycles. The monoisotopic (exact) mass is 273 g/mol. The third kappa shape index (κ3) is 1.80. The summed E-state index contributed by atoms with van der Waals surface area (Å²) in [5.41, 5.74) is 1.82. The van der Waals surface area contributed by atoms with E-state index < -0.39 is 5.82 Å². The number of carbonyl (C=O) groups excluding carboxylic acids is 1. The van der Waals surface area contributed by atoms with Gasteiger partial charge in [-0.1, -0.05) is 26.5 Å². The van der Waals surface area contributed by atoms with Crippen LogP contribution in [0, 0.1) is 17.7 Å². The lowest BCUT2D eigenvalue weighted by Crippen LogP contribution is -2.74. The van der Waals surface area contributed by atoms with E-state index in [1.54, 1.807) is 12.1 Å². The highest BCUT2D eigenvalue weighted by atomic mass is 19.1. The molecule has 1 amide bonds. The lowest BCUT2D eigenvalue weighted by atomic mass is 9.43. The van der Waals surface area contributed by atoms with Gasteiger partial charge < -0.3 is 5.32 Å². The molecule has 2 nitrogen and oxygen atoms in total. The van der Waals surface area contributed by atoms with Crippen molar-refractivity contribution in [3.8, 4) is 0 Å². The molecule has 20 heavy (non-hydrogen) atoms. The van der Waals surface area contributed by atoms with E-state index >= 15 is 0 Å². The SMILES string of the molecule is C=C(CC)c1ccc(F)c(C(=O)NC23CC(C2)[C@@H]3C)c1. The molecule has 0 aliphatic heterocycles. The first-order chi connectivity index (χ1) is 9.47. The van der Waals surface area contributed by atoms with Crippen LogP contribution in [0.25, 0.3) is 5.57 Å². The van der Waals surface area contributed by atoms with Crippen LogP contribution in [0.15, 0.2) is 24.8 Å². The molecule has 1 aromatic carbocycles. The van der Waals surface area contributed by atoms with Crippen LogP contribution in [0.3, 0.4) is 0 Å². The van der Waals surface area contributed by atoms with E-state index in [1.165, 1.54) is 6.07 Å². The standard InChI is InChI=1S/C17H20FNO/c1-4-10(2)12-5-6-15(18)14(7-12)16(20)19-17-8-13(9-17)11(17)3/h5-7,11,13H,2,4,8-9H2,1,3H3,(H,19,20)/t11-,13?,17?/m0/s1. The molecule has 3 saturated carbocycles. The zero-order valence-electron chi connectivity index (χ0n) is 12.0. The molecule has 4 rings (SSSR count). The molecule has 1 N–H and O–H groups in total. The molecule has 3 fully saturated rings. The van der Waals surface area contributed by atoms with Gasteiger partial charge in [-0.25, -0.2) is 4.39 Å². The van der Waals surface area contributed by atoms with Crippen molar-refractivity contribution in [2.45, 2.75) is 38.6 Å². The molecular formula is C17H20FNO. The van der Waals surface area contributed by atoms with Gasteiger partial charge in [-0.05, 0) is 54.4 Å². The maximum atomic E-state index is 13.9. The largest absolute Gasteiger partial charge is 0.346 e. The number of allylic oxidation sites excluding steroid dienone is 1. The first kappa shape index (κ1) is 13.3. The van der Waals surface area contributed by atoms with Crippen LogP contribution in [0.5, 0.6) is 0 Å². The van der Waals surface area contributed by atoms with Crippen molar-refractivity contribution < 1.29 is 9.18 Å². The molecule has 3 aliphatic rings. The van der Waals surface area contributed by atoms with Crippen LogP contribution < -0.4 is 5.32 Å². The fourth-order valence-corrected chi connectivity index (χ4v) is 3.36. The Morgan fingerprint density at radius 2 is 2.20 bits per heavy atom. The normalized spacial score (nSPS) is 30.1. The number of hydrogen-bond acceptors (Lipinski definition) is 1. The summed E-state index contributed by atoms with van der Waals surface area (Å²) in [6, 6.07) is 4.66. The molecule has 3 aliphatic carbocycles. The maximum Gasteiger partial charge on any atom is 0.254 e. The quantitative estimate of drug-likeness (QED) is 0.888. The van der Waals surface area contributed by atoms with E-state index in [1.807, 2.05) is 6.92 Å². The van der Waals surface area contributed by atoms with Crippen molar-refractivity contribution in [2.24, 2.45) is 11.8 Å². The van der Waals surface area contributed by atoms with Gasteiger partial charge in [0.05, 0.1) is 5.56 Å². The van der Waals surface area contributed by atoms with Crippen LogP contribution in [0.1, 0.15) is 49.0 Å². The molecule has 1 atom stereocenters. The van der Waals surface area contributed by atoms with E-state index in [4.69, 9.17) is 0 Å². The Morgan fingerprint density at radius 3 is 2.70 bits per heavy atom. The predicted octanol–water partition coefficient (Wildman–Crippen LogP) is 3.78. The molecule has 0 radical (unpaired) electrons. The summed E-state index contributed by atoms with van der Waals surface area (Å²) in [7, 11) is 0. The Labute approximate surface area is 119 Å². The van der Waals surface area contributed by atoms with Gasteiger partial charge in [-0.15, -0.1) is 0 Å². The second-order valence-corrected chi connectivity index (χ2v) is 6.22. The van der Waals surface area contributed by atoms with Gasteiger partial charge in [0.1, 0.15) is 5.82 Å². The third-order valence-electron chi connectivity index (χ3n) is 5.24. The second-order valence-electron chi connectivity index (χ2n) is 6.22. The van der Waals surface area contributed by atoms with Crippen molar-refractivity contribution in [2.75, 3.05) is 0 Å².